The molecule has 2 N–H and O–H groups in total. The van der Waals surface area contributed by atoms with Gasteiger partial charge in [0.1, 0.15) is 17.8 Å². The van der Waals surface area contributed by atoms with Crippen LogP contribution in [0.15, 0.2) is 42.5 Å². The minimum absolute atomic E-state index is 0.374. The summed E-state index contributed by atoms with van der Waals surface area (Å²) in [6.07, 6.45) is 0. The Kier molecular flexibility index (Phi) is 6.24. The van der Waals surface area contributed by atoms with Gasteiger partial charge in [-0.2, -0.15) is 0 Å². The molecule has 2 atom stereocenters. The number of benzene rings is 2. The van der Waals surface area contributed by atoms with Crippen molar-refractivity contribution in [3.63, 3.8) is 0 Å². The van der Waals surface area contributed by atoms with Crippen molar-refractivity contribution in [3.05, 3.63) is 63.6 Å². The third-order valence-corrected chi connectivity index (χ3v) is 5.78. The zero-order valence-electron chi connectivity index (χ0n) is 16.7. The standard InChI is InChI=1S/C21H21Cl2N3O4/c1-12(13-7-8-16(22)17(23)9-13)24-18(27)11-26-19(28)21(2,25-20(26)29)14-5-4-6-15(10-14)30-3/h4-10,12H,11H2,1-3H3,(H,24,27)(H,25,29). The summed E-state index contributed by atoms with van der Waals surface area (Å²) in [7, 11) is 1.52. The highest BCUT2D eigenvalue weighted by Crippen LogP contribution is 2.31. The summed E-state index contributed by atoms with van der Waals surface area (Å²) < 4.78 is 5.20. The molecule has 7 nitrogen and oxygen atoms in total. The number of carbonyl (C=O) groups is 3. The van der Waals surface area contributed by atoms with Gasteiger partial charge in [-0.1, -0.05) is 41.4 Å². The Morgan fingerprint density at radius 1 is 1.20 bits per heavy atom. The normalized spacial score (nSPS) is 19.4. The van der Waals surface area contributed by atoms with Gasteiger partial charge in [0.15, 0.2) is 0 Å². The van der Waals surface area contributed by atoms with E-state index in [1.807, 2.05) is 0 Å². The van der Waals surface area contributed by atoms with Crippen LogP contribution in [0.5, 0.6) is 5.75 Å². The minimum Gasteiger partial charge on any atom is -0.497 e. The fourth-order valence-electron chi connectivity index (χ4n) is 3.27. The van der Waals surface area contributed by atoms with Crippen LogP contribution in [-0.2, 0) is 15.1 Å². The van der Waals surface area contributed by atoms with Crippen LogP contribution in [0, 0.1) is 0 Å². The molecule has 0 aliphatic carbocycles. The van der Waals surface area contributed by atoms with Gasteiger partial charge in [-0.25, -0.2) is 4.79 Å². The van der Waals surface area contributed by atoms with Crippen molar-refractivity contribution in [2.45, 2.75) is 25.4 Å². The van der Waals surface area contributed by atoms with E-state index in [1.165, 1.54) is 7.11 Å². The van der Waals surface area contributed by atoms with E-state index in [4.69, 9.17) is 27.9 Å². The maximum absolute atomic E-state index is 13.0. The van der Waals surface area contributed by atoms with Crippen LogP contribution in [0.3, 0.4) is 0 Å². The third-order valence-electron chi connectivity index (χ3n) is 5.04. The molecule has 0 aromatic heterocycles. The van der Waals surface area contributed by atoms with Crippen molar-refractivity contribution in [3.8, 4) is 5.75 Å². The monoisotopic (exact) mass is 449 g/mol. The highest BCUT2D eigenvalue weighted by atomic mass is 35.5. The third kappa shape index (κ3) is 4.22. The van der Waals surface area contributed by atoms with E-state index < -0.39 is 36.0 Å². The fourth-order valence-corrected chi connectivity index (χ4v) is 3.57. The first-order valence-corrected chi connectivity index (χ1v) is 9.94. The summed E-state index contributed by atoms with van der Waals surface area (Å²) in [6.45, 7) is 2.96. The van der Waals surface area contributed by atoms with Gasteiger partial charge in [0, 0.05) is 0 Å². The lowest BCUT2D eigenvalue weighted by Crippen LogP contribution is -2.43. The number of urea groups is 1. The van der Waals surface area contributed by atoms with Gasteiger partial charge in [0.05, 0.1) is 23.2 Å². The van der Waals surface area contributed by atoms with Crippen LogP contribution < -0.4 is 15.4 Å². The Morgan fingerprint density at radius 2 is 1.93 bits per heavy atom. The summed E-state index contributed by atoms with van der Waals surface area (Å²) in [5.41, 5.74) is 0.0183. The van der Waals surface area contributed by atoms with Gasteiger partial charge >= 0.3 is 6.03 Å². The molecule has 0 radical (unpaired) electrons. The molecule has 158 valence electrons. The number of halogens is 2. The number of amides is 4. The molecular weight excluding hydrogens is 429 g/mol. The molecule has 1 aliphatic heterocycles. The second kappa shape index (κ2) is 8.53. The Bertz CT molecular complexity index is 1010. The van der Waals surface area contributed by atoms with Gasteiger partial charge < -0.3 is 15.4 Å². The van der Waals surface area contributed by atoms with Gasteiger partial charge in [-0.05, 0) is 49.2 Å². The minimum atomic E-state index is -1.29. The van der Waals surface area contributed by atoms with E-state index in [-0.39, 0.29) is 0 Å². The number of rotatable bonds is 6. The first-order chi connectivity index (χ1) is 14.2. The topological polar surface area (TPSA) is 87.7 Å². The Hall–Kier alpha value is -2.77. The van der Waals surface area contributed by atoms with E-state index in [0.29, 0.717) is 21.4 Å². The zero-order chi connectivity index (χ0) is 22.1. The molecule has 1 fully saturated rings. The smallest absolute Gasteiger partial charge is 0.325 e. The Labute approximate surface area is 184 Å². The van der Waals surface area contributed by atoms with Crippen molar-refractivity contribution < 1.29 is 19.1 Å². The molecule has 30 heavy (non-hydrogen) atoms. The number of hydrogen-bond acceptors (Lipinski definition) is 4. The van der Waals surface area contributed by atoms with E-state index in [2.05, 4.69) is 10.6 Å². The summed E-state index contributed by atoms with van der Waals surface area (Å²) in [6, 6.07) is 10.9. The predicted molar refractivity (Wildman–Crippen MR) is 114 cm³/mol. The van der Waals surface area contributed by atoms with Crippen molar-refractivity contribution in [1.82, 2.24) is 15.5 Å². The van der Waals surface area contributed by atoms with Crippen LogP contribution >= 0.6 is 23.2 Å². The van der Waals surface area contributed by atoms with Gasteiger partial charge in [0.2, 0.25) is 5.91 Å². The molecule has 0 bridgehead atoms. The fraction of sp³-hybridized carbons (Fsp3) is 0.286. The van der Waals surface area contributed by atoms with Crippen molar-refractivity contribution >= 4 is 41.0 Å². The van der Waals surface area contributed by atoms with Crippen molar-refractivity contribution in [2.24, 2.45) is 0 Å². The Morgan fingerprint density at radius 3 is 2.60 bits per heavy atom. The molecule has 1 saturated heterocycles. The second-order valence-electron chi connectivity index (χ2n) is 7.14. The van der Waals surface area contributed by atoms with Crippen molar-refractivity contribution in [2.75, 3.05) is 13.7 Å². The quantitative estimate of drug-likeness (QED) is 0.658. The molecule has 3 rings (SSSR count). The maximum atomic E-state index is 13.0. The van der Waals surface area contributed by atoms with E-state index >= 15 is 0 Å². The number of carbonyl (C=O) groups excluding carboxylic acids is 3. The average Bonchev–Trinajstić information content (AvgIpc) is 2.94. The van der Waals surface area contributed by atoms with Crippen LogP contribution in [0.1, 0.15) is 31.0 Å². The van der Waals surface area contributed by atoms with Gasteiger partial charge in [-0.15, -0.1) is 0 Å². The molecular formula is C21H21Cl2N3O4. The van der Waals surface area contributed by atoms with Crippen LogP contribution in [0.4, 0.5) is 4.79 Å². The molecule has 0 spiro atoms. The highest BCUT2D eigenvalue weighted by Gasteiger charge is 2.49. The van der Waals surface area contributed by atoms with E-state index in [0.717, 1.165) is 10.5 Å². The number of imide groups is 1. The lowest BCUT2D eigenvalue weighted by molar-refractivity contribution is -0.135. The molecule has 4 amide bonds. The number of nitrogens with zero attached hydrogens (tertiary/aromatic N) is 1. The lowest BCUT2D eigenvalue weighted by atomic mass is 9.92. The van der Waals surface area contributed by atoms with E-state index in [1.54, 1.807) is 56.3 Å². The zero-order valence-corrected chi connectivity index (χ0v) is 18.2. The van der Waals surface area contributed by atoms with E-state index in [9.17, 15) is 14.4 Å². The summed E-state index contributed by atoms with van der Waals surface area (Å²) in [5.74, 6) is -0.438. The van der Waals surface area contributed by atoms with Gasteiger partial charge in [-0.3, -0.25) is 14.5 Å². The maximum Gasteiger partial charge on any atom is 0.325 e. The number of nitrogens with one attached hydrogen (secondary N) is 2. The van der Waals surface area contributed by atoms with Crippen LogP contribution in [-0.4, -0.2) is 36.4 Å². The molecule has 1 heterocycles. The largest absolute Gasteiger partial charge is 0.497 e. The molecule has 2 aromatic carbocycles. The van der Waals surface area contributed by atoms with Gasteiger partial charge in [0.25, 0.3) is 5.91 Å². The summed E-state index contributed by atoms with van der Waals surface area (Å²) in [5, 5.41) is 6.22. The number of hydrogen-bond donors (Lipinski definition) is 2. The van der Waals surface area contributed by atoms with Crippen LogP contribution in [0.25, 0.3) is 0 Å². The summed E-state index contributed by atoms with van der Waals surface area (Å²) >= 11 is 11.9. The SMILES string of the molecule is COc1cccc(C2(C)NC(=O)N(CC(=O)NC(C)c3ccc(Cl)c(Cl)c3)C2=O)c1. The van der Waals surface area contributed by atoms with Crippen LogP contribution in [0.2, 0.25) is 10.0 Å². The second-order valence-corrected chi connectivity index (χ2v) is 7.96. The average molecular weight is 450 g/mol. The molecule has 2 unspecified atom stereocenters. The molecule has 0 saturated carbocycles. The first-order valence-electron chi connectivity index (χ1n) is 9.18. The Balaban J connectivity index is 1.71. The number of ether oxygens (including phenoxy) is 1. The highest BCUT2D eigenvalue weighted by molar-refractivity contribution is 6.42. The summed E-state index contributed by atoms with van der Waals surface area (Å²) in [4.78, 5) is 38.9. The molecule has 2 aromatic rings. The molecule has 9 heteroatoms. The number of methoxy groups -OCH3 is 1. The van der Waals surface area contributed by atoms with Crippen molar-refractivity contribution in [1.29, 1.82) is 0 Å². The molecule has 1 aliphatic rings. The lowest BCUT2D eigenvalue weighted by Gasteiger charge is -2.23. The predicted octanol–water partition coefficient (Wildman–Crippen LogP) is 3.65. The first kappa shape index (κ1) is 21.9.